The van der Waals surface area contributed by atoms with Crippen LogP contribution in [-0.2, 0) is 0 Å². The second-order valence-corrected chi connectivity index (χ2v) is 5.43. The van der Waals surface area contributed by atoms with Gasteiger partial charge in [-0.2, -0.15) is 0 Å². The molecule has 0 bridgehead atoms. The number of guanidine groups is 1. The molecule has 0 aliphatic heterocycles. The lowest BCUT2D eigenvalue weighted by Crippen LogP contribution is -2.42. The van der Waals surface area contributed by atoms with E-state index in [1.54, 1.807) is 6.26 Å². The molecule has 0 aliphatic carbocycles. The van der Waals surface area contributed by atoms with Crippen molar-refractivity contribution in [2.75, 3.05) is 26.2 Å². The SMILES string of the molecule is CCNC(=NCC(c1ccco1)N(CC)CC)NC(C)CC. The van der Waals surface area contributed by atoms with Crippen molar-refractivity contribution in [1.82, 2.24) is 15.5 Å². The van der Waals surface area contributed by atoms with Crippen molar-refractivity contribution in [3.63, 3.8) is 0 Å². The molecule has 5 nitrogen and oxygen atoms in total. The zero-order valence-corrected chi connectivity index (χ0v) is 14.7. The summed E-state index contributed by atoms with van der Waals surface area (Å²) in [6.45, 7) is 14.3. The lowest BCUT2D eigenvalue weighted by atomic mass is 10.2. The Morgan fingerprint density at radius 1 is 1.27 bits per heavy atom. The summed E-state index contributed by atoms with van der Waals surface area (Å²) in [7, 11) is 0. The molecule has 0 saturated heterocycles. The fourth-order valence-electron chi connectivity index (χ4n) is 2.36. The van der Waals surface area contributed by atoms with Crippen LogP contribution in [0.3, 0.4) is 0 Å². The predicted octanol–water partition coefficient (Wildman–Crippen LogP) is 3.02. The Labute approximate surface area is 135 Å². The Kier molecular flexibility index (Phi) is 8.67. The smallest absolute Gasteiger partial charge is 0.191 e. The molecule has 0 fully saturated rings. The molecular formula is C17H32N4O. The van der Waals surface area contributed by atoms with E-state index in [9.17, 15) is 0 Å². The van der Waals surface area contributed by atoms with Gasteiger partial charge in [0.2, 0.25) is 0 Å². The van der Waals surface area contributed by atoms with E-state index in [-0.39, 0.29) is 6.04 Å². The molecule has 5 heteroatoms. The molecule has 2 unspecified atom stereocenters. The van der Waals surface area contributed by atoms with Gasteiger partial charge in [-0.25, -0.2) is 0 Å². The first-order chi connectivity index (χ1) is 10.7. The summed E-state index contributed by atoms with van der Waals surface area (Å²) in [5.41, 5.74) is 0. The quantitative estimate of drug-likeness (QED) is 0.544. The zero-order valence-electron chi connectivity index (χ0n) is 14.7. The van der Waals surface area contributed by atoms with Gasteiger partial charge in [-0.05, 0) is 45.5 Å². The Bertz CT molecular complexity index is 412. The maximum Gasteiger partial charge on any atom is 0.191 e. The van der Waals surface area contributed by atoms with Gasteiger partial charge in [0.25, 0.3) is 0 Å². The molecule has 0 amide bonds. The lowest BCUT2D eigenvalue weighted by Gasteiger charge is -2.27. The summed E-state index contributed by atoms with van der Waals surface area (Å²) in [4.78, 5) is 7.14. The summed E-state index contributed by atoms with van der Waals surface area (Å²) in [5, 5.41) is 6.75. The van der Waals surface area contributed by atoms with Gasteiger partial charge in [0.15, 0.2) is 5.96 Å². The molecule has 126 valence electrons. The van der Waals surface area contributed by atoms with Crippen LogP contribution in [0.4, 0.5) is 0 Å². The molecule has 0 spiro atoms. The third-order valence-corrected chi connectivity index (χ3v) is 3.89. The molecule has 2 N–H and O–H groups in total. The third kappa shape index (κ3) is 5.72. The highest BCUT2D eigenvalue weighted by molar-refractivity contribution is 5.80. The minimum absolute atomic E-state index is 0.178. The normalized spacial score (nSPS) is 14.9. The fraction of sp³-hybridized carbons (Fsp3) is 0.706. The van der Waals surface area contributed by atoms with Crippen LogP contribution >= 0.6 is 0 Å². The van der Waals surface area contributed by atoms with Gasteiger partial charge in [-0.3, -0.25) is 9.89 Å². The van der Waals surface area contributed by atoms with Crippen molar-refractivity contribution in [2.45, 2.75) is 53.1 Å². The highest BCUT2D eigenvalue weighted by atomic mass is 16.3. The number of rotatable bonds is 9. The van der Waals surface area contributed by atoms with Crippen LogP contribution in [0.2, 0.25) is 0 Å². The third-order valence-electron chi connectivity index (χ3n) is 3.89. The highest BCUT2D eigenvalue weighted by Gasteiger charge is 2.20. The maximum atomic E-state index is 5.62. The van der Waals surface area contributed by atoms with Crippen molar-refractivity contribution in [1.29, 1.82) is 0 Å². The molecule has 0 aromatic carbocycles. The molecule has 0 radical (unpaired) electrons. The van der Waals surface area contributed by atoms with Crippen molar-refractivity contribution >= 4 is 5.96 Å². The molecule has 1 rings (SSSR count). The van der Waals surface area contributed by atoms with Gasteiger partial charge in [0.05, 0.1) is 18.8 Å². The Hall–Kier alpha value is -1.49. The standard InChI is InChI=1S/C17H32N4O/c1-6-14(5)20-17(18-7-2)19-13-15(21(8-3)9-4)16-11-10-12-22-16/h10-12,14-15H,6-9,13H2,1-5H3,(H2,18,19,20). The van der Waals surface area contributed by atoms with Gasteiger partial charge < -0.3 is 15.1 Å². The highest BCUT2D eigenvalue weighted by Crippen LogP contribution is 2.21. The summed E-state index contributed by atoms with van der Waals surface area (Å²) in [5.74, 6) is 1.85. The molecule has 1 heterocycles. The van der Waals surface area contributed by atoms with Crippen molar-refractivity contribution in [2.24, 2.45) is 4.99 Å². The summed E-state index contributed by atoms with van der Waals surface area (Å²) < 4.78 is 5.62. The first-order valence-electron chi connectivity index (χ1n) is 8.48. The van der Waals surface area contributed by atoms with Gasteiger partial charge in [-0.15, -0.1) is 0 Å². The fourth-order valence-corrected chi connectivity index (χ4v) is 2.36. The van der Waals surface area contributed by atoms with Crippen molar-refractivity contribution < 1.29 is 4.42 Å². The number of nitrogens with zero attached hydrogens (tertiary/aromatic N) is 2. The molecular weight excluding hydrogens is 276 g/mol. The topological polar surface area (TPSA) is 52.8 Å². The first-order valence-corrected chi connectivity index (χ1v) is 8.48. The Morgan fingerprint density at radius 3 is 2.50 bits per heavy atom. The van der Waals surface area contributed by atoms with E-state index in [0.29, 0.717) is 12.6 Å². The number of hydrogen-bond donors (Lipinski definition) is 2. The summed E-state index contributed by atoms with van der Waals surface area (Å²) in [6, 6.07) is 4.57. The van der Waals surface area contributed by atoms with E-state index in [2.05, 4.69) is 50.2 Å². The van der Waals surface area contributed by atoms with Crippen LogP contribution < -0.4 is 10.6 Å². The molecule has 1 aromatic rings. The molecule has 0 aliphatic rings. The lowest BCUT2D eigenvalue weighted by molar-refractivity contribution is 0.198. The van der Waals surface area contributed by atoms with Crippen LogP contribution in [0.5, 0.6) is 0 Å². The van der Waals surface area contributed by atoms with Crippen LogP contribution in [0.15, 0.2) is 27.8 Å². The molecule has 1 aromatic heterocycles. The average Bonchev–Trinajstić information content (AvgIpc) is 3.05. The number of furan rings is 1. The maximum absolute atomic E-state index is 5.62. The van der Waals surface area contributed by atoms with E-state index in [1.807, 2.05) is 12.1 Å². The van der Waals surface area contributed by atoms with E-state index >= 15 is 0 Å². The van der Waals surface area contributed by atoms with Crippen LogP contribution in [0.1, 0.15) is 52.8 Å². The van der Waals surface area contributed by atoms with Crippen molar-refractivity contribution in [3.8, 4) is 0 Å². The average molecular weight is 308 g/mol. The summed E-state index contributed by atoms with van der Waals surface area (Å²) in [6.07, 6.45) is 2.81. The zero-order chi connectivity index (χ0) is 16.4. The van der Waals surface area contributed by atoms with E-state index in [4.69, 9.17) is 9.41 Å². The van der Waals surface area contributed by atoms with Crippen LogP contribution in [0, 0.1) is 0 Å². The first kappa shape index (κ1) is 18.6. The van der Waals surface area contributed by atoms with E-state index in [1.165, 1.54) is 0 Å². The minimum Gasteiger partial charge on any atom is -0.468 e. The van der Waals surface area contributed by atoms with Crippen LogP contribution in [-0.4, -0.2) is 43.1 Å². The minimum atomic E-state index is 0.178. The Balaban J connectivity index is 2.84. The van der Waals surface area contributed by atoms with Crippen molar-refractivity contribution in [3.05, 3.63) is 24.2 Å². The Morgan fingerprint density at radius 2 is 2.00 bits per heavy atom. The van der Waals surface area contributed by atoms with Gasteiger partial charge >= 0.3 is 0 Å². The monoisotopic (exact) mass is 308 g/mol. The van der Waals surface area contributed by atoms with Gasteiger partial charge in [-0.1, -0.05) is 20.8 Å². The van der Waals surface area contributed by atoms with Gasteiger partial charge in [0.1, 0.15) is 5.76 Å². The predicted molar refractivity (Wildman–Crippen MR) is 93.2 cm³/mol. The molecule has 22 heavy (non-hydrogen) atoms. The number of hydrogen-bond acceptors (Lipinski definition) is 3. The number of aliphatic imine (C=N–C) groups is 1. The largest absolute Gasteiger partial charge is 0.468 e. The van der Waals surface area contributed by atoms with E-state index in [0.717, 1.165) is 37.8 Å². The second-order valence-electron chi connectivity index (χ2n) is 5.43. The molecule has 0 saturated carbocycles. The number of nitrogens with one attached hydrogen (secondary N) is 2. The van der Waals surface area contributed by atoms with Gasteiger partial charge in [0, 0.05) is 12.6 Å². The van der Waals surface area contributed by atoms with E-state index < -0.39 is 0 Å². The van der Waals surface area contributed by atoms with Crippen LogP contribution in [0.25, 0.3) is 0 Å². The molecule has 2 atom stereocenters. The number of likely N-dealkylation sites (N-methyl/N-ethyl adjacent to an activating group) is 1. The summed E-state index contributed by atoms with van der Waals surface area (Å²) >= 11 is 0. The second kappa shape index (κ2) is 10.3.